The smallest absolute Gasteiger partial charge is 0.260 e. The van der Waals surface area contributed by atoms with Gasteiger partial charge in [0.25, 0.3) is 15.5 Å². The number of alkyl halides is 2. The highest BCUT2D eigenvalue weighted by Crippen LogP contribution is 2.31. The van der Waals surface area contributed by atoms with Crippen LogP contribution in [0.25, 0.3) is 0 Å². The van der Waals surface area contributed by atoms with Crippen molar-refractivity contribution in [3.05, 3.63) is 21.0 Å². The minimum Gasteiger partial charge on any atom is -0.260 e. The summed E-state index contributed by atoms with van der Waals surface area (Å²) >= 11 is 1.52. The van der Waals surface area contributed by atoms with Gasteiger partial charge >= 0.3 is 0 Å². The fourth-order valence-electron chi connectivity index (χ4n) is 0.997. The molecule has 0 amide bonds. The van der Waals surface area contributed by atoms with Crippen molar-refractivity contribution in [1.29, 1.82) is 0 Å². The molecule has 1 rings (SSSR count). The van der Waals surface area contributed by atoms with Gasteiger partial charge < -0.3 is 0 Å². The van der Waals surface area contributed by atoms with E-state index in [0.29, 0.717) is 0 Å². The molecule has 1 heterocycles. The standard InChI is InChI=1S/C7H5ClF2INO2S/c1-3-5(7(9)10)6(11)4(2-12-3)15(8,13)14/h2,7H,1H3. The van der Waals surface area contributed by atoms with E-state index >= 15 is 0 Å². The number of rotatable bonds is 2. The second kappa shape index (κ2) is 4.46. The Labute approximate surface area is 103 Å². The zero-order valence-corrected chi connectivity index (χ0v) is 11.1. The molecule has 0 aliphatic carbocycles. The van der Waals surface area contributed by atoms with Gasteiger partial charge in [-0.15, -0.1) is 0 Å². The van der Waals surface area contributed by atoms with Crippen LogP contribution in [0.4, 0.5) is 8.78 Å². The van der Waals surface area contributed by atoms with E-state index in [1.165, 1.54) is 29.5 Å². The van der Waals surface area contributed by atoms with Crippen molar-refractivity contribution < 1.29 is 17.2 Å². The summed E-state index contributed by atoms with van der Waals surface area (Å²) < 4.78 is 47.1. The Kier molecular flexibility index (Phi) is 3.88. The lowest BCUT2D eigenvalue weighted by atomic mass is 10.2. The van der Waals surface area contributed by atoms with Crippen molar-refractivity contribution in [3.63, 3.8) is 0 Å². The molecule has 0 atom stereocenters. The monoisotopic (exact) mass is 367 g/mol. The van der Waals surface area contributed by atoms with E-state index in [9.17, 15) is 17.2 Å². The van der Waals surface area contributed by atoms with Gasteiger partial charge in [-0.3, -0.25) is 4.98 Å². The van der Waals surface area contributed by atoms with Crippen molar-refractivity contribution in [2.75, 3.05) is 0 Å². The minimum absolute atomic E-state index is 0.0786. The van der Waals surface area contributed by atoms with Gasteiger partial charge in [-0.1, -0.05) is 0 Å². The van der Waals surface area contributed by atoms with Crippen LogP contribution in [0.15, 0.2) is 11.1 Å². The number of hydrogen-bond acceptors (Lipinski definition) is 3. The highest BCUT2D eigenvalue weighted by atomic mass is 127. The Bertz CT molecular complexity index is 492. The number of aromatic nitrogens is 1. The minimum atomic E-state index is -4.04. The molecule has 0 unspecified atom stereocenters. The van der Waals surface area contributed by atoms with Crippen molar-refractivity contribution in [2.45, 2.75) is 18.2 Å². The second-order valence-electron chi connectivity index (χ2n) is 2.67. The number of pyridine rings is 1. The molecule has 0 spiro atoms. The lowest BCUT2D eigenvalue weighted by Gasteiger charge is -2.09. The Morgan fingerprint density at radius 1 is 1.53 bits per heavy atom. The molecule has 1 aromatic rings. The average molecular weight is 368 g/mol. The molecule has 0 radical (unpaired) electrons. The topological polar surface area (TPSA) is 47.0 Å². The molecule has 0 aromatic carbocycles. The fourth-order valence-corrected chi connectivity index (χ4v) is 3.88. The molecule has 1 aromatic heterocycles. The molecule has 15 heavy (non-hydrogen) atoms. The highest BCUT2D eigenvalue weighted by molar-refractivity contribution is 14.1. The maximum absolute atomic E-state index is 12.6. The summed E-state index contributed by atoms with van der Waals surface area (Å²) in [5, 5.41) is 0. The third-order valence-corrected chi connectivity index (χ3v) is 4.56. The van der Waals surface area contributed by atoms with E-state index in [1.807, 2.05) is 0 Å². The summed E-state index contributed by atoms with van der Waals surface area (Å²) in [6, 6.07) is 0. The van der Waals surface area contributed by atoms with Gasteiger partial charge in [0.1, 0.15) is 4.90 Å². The number of nitrogens with zero attached hydrogens (tertiary/aromatic N) is 1. The van der Waals surface area contributed by atoms with Crippen LogP contribution in [0.1, 0.15) is 17.7 Å². The number of halogens is 4. The molecule has 0 aliphatic heterocycles. The van der Waals surface area contributed by atoms with E-state index in [4.69, 9.17) is 10.7 Å². The molecular weight excluding hydrogens is 363 g/mol. The van der Waals surface area contributed by atoms with Crippen LogP contribution in [-0.4, -0.2) is 13.4 Å². The first-order chi connectivity index (χ1) is 6.75. The first-order valence-electron chi connectivity index (χ1n) is 3.63. The van der Waals surface area contributed by atoms with Gasteiger partial charge in [-0.25, -0.2) is 17.2 Å². The van der Waals surface area contributed by atoms with Crippen molar-refractivity contribution in [2.24, 2.45) is 0 Å². The third-order valence-electron chi connectivity index (χ3n) is 1.70. The summed E-state index contributed by atoms with van der Waals surface area (Å²) in [5.41, 5.74) is -0.296. The summed E-state index contributed by atoms with van der Waals surface area (Å²) in [6.45, 7) is 1.38. The second-order valence-corrected chi connectivity index (χ2v) is 6.29. The van der Waals surface area contributed by atoms with E-state index in [2.05, 4.69) is 4.98 Å². The van der Waals surface area contributed by atoms with Gasteiger partial charge in [0.2, 0.25) is 0 Å². The Morgan fingerprint density at radius 3 is 2.47 bits per heavy atom. The lowest BCUT2D eigenvalue weighted by molar-refractivity contribution is 0.148. The van der Waals surface area contributed by atoms with Crippen molar-refractivity contribution in [1.82, 2.24) is 4.98 Å². The lowest BCUT2D eigenvalue weighted by Crippen LogP contribution is -2.04. The molecule has 0 N–H and O–H groups in total. The maximum atomic E-state index is 12.6. The van der Waals surface area contributed by atoms with Crippen molar-refractivity contribution in [3.8, 4) is 0 Å². The van der Waals surface area contributed by atoms with Crippen LogP contribution in [0.5, 0.6) is 0 Å². The number of hydrogen-bond donors (Lipinski definition) is 0. The quantitative estimate of drug-likeness (QED) is 0.596. The maximum Gasteiger partial charge on any atom is 0.266 e. The summed E-state index contributed by atoms with van der Waals surface area (Å²) in [7, 11) is 1.04. The van der Waals surface area contributed by atoms with E-state index in [-0.39, 0.29) is 14.2 Å². The van der Waals surface area contributed by atoms with Crippen LogP contribution in [-0.2, 0) is 9.05 Å². The third kappa shape index (κ3) is 2.76. The zero-order chi connectivity index (χ0) is 11.8. The highest BCUT2D eigenvalue weighted by Gasteiger charge is 2.23. The average Bonchev–Trinajstić information content (AvgIpc) is 2.00. The predicted octanol–water partition coefficient (Wildman–Crippen LogP) is 2.86. The Hall–Kier alpha value is -0.0200. The van der Waals surface area contributed by atoms with Crippen molar-refractivity contribution >= 4 is 42.3 Å². The largest absolute Gasteiger partial charge is 0.266 e. The zero-order valence-electron chi connectivity index (χ0n) is 7.34. The van der Waals surface area contributed by atoms with Gasteiger partial charge in [-0.05, 0) is 29.5 Å². The molecule has 3 nitrogen and oxygen atoms in total. The molecule has 0 aliphatic rings. The summed E-state index contributed by atoms with van der Waals surface area (Å²) in [5.74, 6) is 0. The molecule has 0 saturated carbocycles. The van der Waals surface area contributed by atoms with Crippen LogP contribution in [0, 0.1) is 10.5 Å². The molecular formula is C7H5ClF2INO2S. The van der Waals surface area contributed by atoms with E-state index in [0.717, 1.165) is 6.20 Å². The van der Waals surface area contributed by atoms with Gasteiger partial charge in [0.15, 0.2) is 0 Å². The van der Waals surface area contributed by atoms with Crippen LogP contribution < -0.4 is 0 Å². The molecule has 8 heteroatoms. The molecule has 0 saturated heterocycles. The predicted molar refractivity (Wildman–Crippen MR) is 59.7 cm³/mol. The fraction of sp³-hybridized carbons (Fsp3) is 0.286. The van der Waals surface area contributed by atoms with Gasteiger partial charge in [-0.2, -0.15) is 0 Å². The van der Waals surface area contributed by atoms with E-state index in [1.54, 1.807) is 0 Å². The molecule has 0 fully saturated rings. The molecule has 0 bridgehead atoms. The first-order valence-corrected chi connectivity index (χ1v) is 7.01. The van der Waals surface area contributed by atoms with Crippen LogP contribution >= 0.6 is 33.3 Å². The van der Waals surface area contributed by atoms with Gasteiger partial charge in [0, 0.05) is 26.1 Å². The SMILES string of the molecule is Cc1ncc(S(=O)(=O)Cl)c(I)c1C(F)F. The Morgan fingerprint density at radius 2 is 2.07 bits per heavy atom. The van der Waals surface area contributed by atoms with E-state index < -0.39 is 21.0 Å². The summed E-state index contributed by atoms with van der Waals surface area (Å²) in [6.07, 6.45) is -1.80. The Balaban J connectivity index is 3.56. The van der Waals surface area contributed by atoms with Crippen LogP contribution in [0.3, 0.4) is 0 Å². The van der Waals surface area contributed by atoms with Crippen LogP contribution in [0.2, 0.25) is 0 Å². The molecule has 84 valence electrons. The summed E-state index contributed by atoms with van der Waals surface area (Å²) in [4.78, 5) is 3.20. The van der Waals surface area contributed by atoms with Gasteiger partial charge in [0.05, 0.1) is 5.56 Å². The first kappa shape index (κ1) is 13.0. The number of aryl methyl sites for hydroxylation is 1. The normalized spacial score (nSPS) is 12.1.